The van der Waals surface area contributed by atoms with Crippen LogP contribution >= 0.6 is 15.9 Å². The number of nitrogens with two attached hydrogens (primary N) is 1. The maximum absolute atomic E-state index is 10.8. The number of halogens is 1. The number of benzene rings is 2. The molecular weight excluding hydrogens is 338 g/mol. The molecule has 0 fully saturated rings. The highest BCUT2D eigenvalue weighted by Gasteiger charge is 2.14. The fourth-order valence-electron chi connectivity index (χ4n) is 1.75. The average molecular weight is 350 g/mol. The fourth-order valence-corrected chi connectivity index (χ4v) is 2.07. The van der Waals surface area contributed by atoms with Gasteiger partial charge in [-0.25, -0.2) is 0 Å². The van der Waals surface area contributed by atoms with E-state index in [1.807, 2.05) is 13.0 Å². The molecule has 0 aliphatic carbocycles. The number of aryl methyl sites for hydroxylation is 1. The summed E-state index contributed by atoms with van der Waals surface area (Å²) in [5, 5.41) is 18.4. The van der Waals surface area contributed by atoms with Crippen LogP contribution in [0.3, 0.4) is 0 Å². The van der Waals surface area contributed by atoms with E-state index in [1.54, 1.807) is 12.1 Å². The molecule has 0 atom stereocenters. The van der Waals surface area contributed by atoms with Crippen LogP contribution < -0.4 is 10.5 Å². The van der Waals surface area contributed by atoms with Crippen LogP contribution in [0.5, 0.6) is 11.5 Å². The monoisotopic (exact) mass is 349 g/mol. The van der Waals surface area contributed by atoms with Crippen LogP contribution in [0.2, 0.25) is 0 Å². The molecule has 2 aromatic rings. The molecule has 0 amide bonds. The van der Waals surface area contributed by atoms with E-state index in [-0.39, 0.29) is 17.3 Å². The first-order valence-corrected chi connectivity index (χ1v) is 6.74. The second-order valence-electron chi connectivity index (χ2n) is 4.39. The Morgan fingerprint density at radius 3 is 2.62 bits per heavy atom. The van der Waals surface area contributed by atoms with Crippen molar-refractivity contribution < 1.29 is 9.66 Å². The normalized spacial score (nSPS) is 10.2. The van der Waals surface area contributed by atoms with Gasteiger partial charge in [0, 0.05) is 6.07 Å². The minimum Gasteiger partial charge on any atom is -0.455 e. The number of nitrogens with zero attached hydrogens (tertiary/aromatic N) is 1. The van der Waals surface area contributed by atoms with Gasteiger partial charge in [-0.05, 0) is 41.1 Å². The van der Waals surface area contributed by atoms with Crippen molar-refractivity contribution in [1.82, 2.24) is 0 Å². The molecular formula is C14H12BrN3O3. The van der Waals surface area contributed by atoms with E-state index >= 15 is 0 Å². The third-order valence-electron chi connectivity index (χ3n) is 2.77. The number of nitro benzene ring substituents is 1. The predicted molar refractivity (Wildman–Crippen MR) is 83.1 cm³/mol. The number of ether oxygens (including phenoxy) is 1. The summed E-state index contributed by atoms with van der Waals surface area (Å²) in [6.07, 6.45) is 0. The summed E-state index contributed by atoms with van der Waals surface area (Å²) in [4.78, 5) is 10.3. The zero-order valence-electron chi connectivity index (χ0n) is 11.1. The summed E-state index contributed by atoms with van der Waals surface area (Å²) < 4.78 is 6.25. The van der Waals surface area contributed by atoms with Crippen LogP contribution in [0.25, 0.3) is 0 Å². The summed E-state index contributed by atoms with van der Waals surface area (Å²) in [7, 11) is 0. The summed E-state index contributed by atoms with van der Waals surface area (Å²) in [5.74, 6) is 0.528. The second-order valence-corrected chi connectivity index (χ2v) is 5.24. The summed E-state index contributed by atoms with van der Waals surface area (Å²) >= 11 is 3.28. The van der Waals surface area contributed by atoms with E-state index in [2.05, 4.69) is 15.9 Å². The van der Waals surface area contributed by atoms with Crippen LogP contribution in [0, 0.1) is 22.4 Å². The molecule has 0 saturated heterocycles. The van der Waals surface area contributed by atoms with Gasteiger partial charge in [0.1, 0.15) is 17.3 Å². The van der Waals surface area contributed by atoms with Gasteiger partial charge in [-0.3, -0.25) is 15.5 Å². The Bertz CT molecular complexity index is 731. The first kappa shape index (κ1) is 15.0. The maximum atomic E-state index is 10.8. The Hall–Kier alpha value is -2.41. The minimum atomic E-state index is -0.500. The molecule has 6 nitrogen and oxygen atoms in total. The van der Waals surface area contributed by atoms with Crippen LogP contribution in [-0.4, -0.2) is 10.8 Å². The minimum absolute atomic E-state index is 0.0790. The molecule has 3 N–H and O–H groups in total. The second kappa shape index (κ2) is 5.92. The molecule has 0 aliphatic rings. The standard InChI is InChI=1S/C14H12BrN3O3/c1-8-2-5-12(10(6-8)14(16)17)21-13-7-9(18(19)20)3-4-11(13)15/h2-7H,1H3,(H3,16,17). The van der Waals surface area contributed by atoms with E-state index in [1.165, 1.54) is 18.2 Å². The topological polar surface area (TPSA) is 102 Å². The van der Waals surface area contributed by atoms with Crippen LogP contribution in [0.1, 0.15) is 11.1 Å². The summed E-state index contributed by atoms with van der Waals surface area (Å²) in [5.41, 5.74) is 6.83. The van der Waals surface area contributed by atoms with E-state index in [0.717, 1.165) is 5.56 Å². The zero-order chi connectivity index (χ0) is 15.6. The molecule has 7 heteroatoms. The average Bonchev–Trinajstić information content (AvgIpc) is 2.42. The van der Waals surface area contributed by atoms with Gasteiger partial charge >= 0.3 is 0 Å². The van der Waals surface area contributed by atoms with E-state index in [0.29, 0.717) is 15.8 Å². The van der Waals surface area contributed by atoms with Gasteiger partial charge in [0.25, 0.3) is 5.69 Å². The van der Waals surface area contributed by atoms with Gasteiger partial charge in [-0.1, -0.05) is 11.6 Å². The van der Waals surface area contributed by atoms with Crippen LogP contribution in [0.4, 0.5) is 5.69 Å². The number of hydrogen-bond donors (Lipinski definition) is 2. The molecule has 0 aliphatic heterocycles. The number of nitrogens with one attached hydrogen (secondary N) is 1. The molecule has 2 aromatic carbocycles. The van der Waals surface area contributed by atoms with Gasteiger partial charge in [-0.15, -0.1) is 0 Å². The zero-order valence-corrected chi connectivity index (χ0v) is 12.7. The molecule has 21 heavy (non-hydrogen) atoms. The summed E-state index contributed by atoms with van der Waals surface area (Å²) in [6.45, 7) is 1.87. The Balaban J connectivity index is 2.45. The van der Waals surface area contributed by atoms with Crippen molar-refractivity contribution in [2.45, 2.75) is 6.92 Å². The number of hydrogen-bond acceptors (Lipinski definition) is 4. The van der Waals surface area contributed by atoms with E-state index in [9.17, 15) is 10.1 Å². The van der Waals surface area contributed by atoms with Crippen molar-refractivity contribution in [3.8, 4) is 11.5 Å². The van der Waals surface area contributed by atoms with E-state index < -0.39 is 4.92 Å². The van der Waals surface area contributed by atoms with Gasteiger partial charge in [0.2, 0.25) is 0 Å². The Labute approximate surface area is 129 Å². The number of rotatable bonds is 4. The van der Waals surface area contributed by atoms with Gasteiger partial charge in [0.15, 0.2) is 0 Å². The fraction of sp³-hybridized carbons (Fsp3) is 0.0714. The smallest absolute Gasteiger partial charge is 0.273 e. The molecule has 0 saturated carbocycles. The molecule has 0 radical (unpaired) electrons. The highest BCUT2D eigenvalue weighted by atomic mass is 79.9. The highest BCUT2D eigenvalue weighted by Crippen LogP contribution is 2.34. The predicted octanol–water partition coefficient (Wildman–Crippen LogP) is 3.74. The maximum Gasteiger partial charge on any atom is 0.273 e. The van der Waals surface area contributed by atoms with Gasteiger partial charge < -0.3 is 10.5 Å². The van der Waals surface area contributed by atoms with Crippen molar-refractivity contribution in [2.24, 2.45) is 5.73 Å². The van der Waals surface area contributed by atoms with Crippen molar-refractivity contribution in [3.05, 3.63) is 62.1 Å². The number of amidine groups is 1. The third kappa shape index (κ3) is 3.38. The lowest BCUT2D eigenvalue weighted by atomic mass is 10.1. The highest BCUT2D eigenvalue weighted by molar-refractivity contribution is 9.10. The lowest BCUT2D eigenvalue weighted by Crippen LogP contribution is -2.12. The Morgan fingerprint density at radius 1 is 1.29 bits per heavy atom. The Kier molecular flexibility index (Phi) is 4.23. The quantitative estimate of drug-likeness (QED) is 0.379. The van der Waals surface area contributed by atoms with Crippen molar-refractivity contribution >= 4 is 27.5 Å². The Morgan fingerprint density at radius 2 is 2.00 bits per heavy atom. The molecule has 0 bridgehead atoms. The van der Waals surface area contributed by atoms with Crippen LogP contribution in [-0.2, 0) is 0 Å². The molecule has 0 aromatic heterocycles. The number of nitro groups is 1. The first-order chi connectivity index (χ1) is 9.88. The van der Waals surface area contributed by atoms with Crippen molar-refractivity contribution in [2.75, 3.05) is 0 Å². The SMILES string of the molecule is Cc1ccc(Oc2cc([N+](=O)[O-])ccc2Br)c(C(=N)N)c1. The summed E-state index contributed by atoms with van der Waals surface area (Å²) in [6, 6.07) is 9.44. The molecule has 0 spiro atoms. The molecule has 0 unspecified atom stereocenters. The van der Waals surface area contributed by atoms with E-state index in [4.69, 9.17) is 15.9 Å². The van der Waals surface area contributed by atoms with Crippen molar-refractivity contribution in [3.63, 3.8) is 0 Å². The number of nitrogen functional groups attached to an aromatic ring is 1. The third-order valence-corrected chi connectivity index (χ3v) is 3.43. The first-order valence-electron chi connectivity index (χ1n) is 5.95. The molecule has 0 heterocycles. The number of non-ortho nitro benzene ring substituents is 1. The van der Waals surface area contributed by atoms with Crippen molar-refractivity contribution in [1.29, 1.82) is 5.41 Å². The largest absolute Gasteiger partial charge is 0.455 e. The molecule has 108 valence electrons. The van der Waals surface area contributed by atoms with Gasteiger partial charge in [-0.2, -0.15) is 0 Å². The van der Waals surface area contributed by atoms with Gasteiger partial charge in [0.05, 0.1) is 21.0 Å². The van der Waals surface area contributed by atoms with Crippen LogP contribution in [0.15, 0.2) is 40.9 Å². The lowest BCUT2D eigenvalue weighted by molar-refractivity contribution is -0.384. The molecule has 2 rings (SSSR count). The lowest BCUT2D eigenvalue weighted by Gasteiger charge is -2.12.